The van der Waals surface area contributed by atoms with Crippen LogP contribution in [-0.2, 0) is 45.2 Å². The number of hydrogen-bond acceptors (Lipinski definition) is 9. The molecule has 0 spiro atoms. The van der Waals surface area contributed by atoms with Gasteiger partial charge in [-0.3, -0.25) is 19.1 Å². The van der Waals surface area contributed by atoms with Gasteiger partial charge in [-0.05, 0) is 58.4 Å². The maximum atomic E-state index is 14.1. The monoisotopic (exact) mass is 660 g/mol. The van der Waals surface area contributed by atoms with Crippen molar-refractivity contribution in [2.45, 2.75) is 100 Å². The molecule has 2 saturated carbocycles. The van der Waals surface area contributed by atoms with Crippen molar-refractivity contribution < 1.29 is 41.8 Å². The largest absolute Gasteiger partial charge is 0.444 e. The predicted molar refractivity (Wildman–Crippen MR) is 167 cm³/mol. The normalized spacial score (nSPS) is 29.7. The standard InChI is InChI=1S/C32H44N4O9S/c1-31(2,3)45-30(40)33-25-12-8-16-43-15-7-11-22-18-32(22,29(39)35-46(41,42)24-13-14-24)34-27(37)26-17-23(19-36(26)28(25)38)44-20-21-9-5-4-6-10-21/h4-7,9-11,22-26H,8,12-20H2,1-3H3,(H,33,40)(H,34,37)(H,35,39)/b11-7-/t22-,23+,25-,26-,32+/m0/s1. The Morgan fingerprint density at radius 2 is 1.87 bits per heavy atom. The first-order valence-electron chi connectivity index (χ1n) is 15.9. The summed E-state index contributed by atoms with van der Waals surface area (Å²) in [5, 5.41) is 4.88. The van der Waals surface area contributed by atoms with Crippen molar-refractivity contribution >= 4 is 33.8 Å². The number of hydrogen-bond donors (Lipinski definition) is 3. The highest BCUT2D eigenvalue weighted by Crippen LogP contribution is 2.46. The minimum Gasteiger partial charge on any atom is -0.444 e. The van der Waals surface area contributed by atoms with Gasteiger partial charge in [0.15, 0.2) is 0 Å². The van der Waals surface area contributed by atoms with E-state index in [1.54, 1.807) is 32.9 Å². The third-order valence-electron chi connectivity index (χ3n) is 8.49. The highest BCUT2D eigenvalue weighted by atomic mass is 32.2. The number of carbonyl (C=O) groups excluding carboxylic acids is 4. The van der Waals surface area contributed by atoms with Gasteiger partial charge in [0.2, 0.25) is 21.8 Å². The lowest BCUT2D eigenvalue weighted by molar-refractivity contribution is -0.141. The van der Waals surface area contributed by atoms with Gasteiger partial charge in [-0.1, -0.05) is 42.5 Å². The van der Waals surface area contributed by atoms with Crippen LogP contribution < -0.4 is 15.4 Å². The van der Waals surface area contributed by atoms with Gasteiger partial charge in [-0.25, -0.2) is 13.2 Å². The minimum atomic E-state index is -3.87. The Bertz CT molecular complexity index is 1440. The molecule has 46 heavy (non-hydrogen) atoms. The lowest BCUT2D eigenvalue weighted by atomic mass is 10.1. The molecule has 3 fully saturated rings. The molecule has 0 aromatic heterocycles. The molecule has 0 unspecified atom stereocenters. The third kappa shape index (κ3) is 8.45. The number of sulfonamides is 1. The molecule has 2 aliphatic carbocycles. The summed E-state index contributed by atoms with van der Waals surface area (Å²) < 4.78 is 44.8. The van der Waals surface area contributed by atoms with Crippen molar-refractivity contribution in [3.63, 3.8) is 0 Å². The van der Waals surface area contributed by atoms with Gasteiger partial charge < -0.3 is 29.7 Å². The first-order valence-corrected chi connectivity index (χ1v) is 17.4. The van der Waals surface area contributed by atoms with Gasteiger partial charge in [0.05, 0.1) is 24.6 Å². The molecule has 4 aliphatic rings. The Hall–Kier alpha value is -3.49. The summed E-state index contributed by atoms with van der Waals surface area (Å²) in [5.41, 5.74) is -1.37. The zero-order valence-corrected chi connectivity index (χ0v) is 27.3. The van der Waals surface area contributed by atoms with Crippen LogP contribution >= 0.6 is 0 Å². The number of benzene rings is 1. The first kappa shape index (κ1) is 33.9. The zero-order valence-electron chi connectivity index (χ0n) is 26.5. The fraction of sp³-hybridized carbons (Fsp3) is 0.625. The third-order valence-corrected chi connectivity index (χ3v) is 10.3. The summed E-state index contributed by atoms with van der Waals surface area (Å²) >= 11 is 0. The number of fused-ring (bicyclic) bond motifs is 2. The average molecular weight is 661 g/mol. The van der Waals surface area contributed by atoms with Gasteiger partial charge in [-0.15, -0.1) is 0 Å². The number of nitrogens with one attached hydrogen (secondary N) is 3. The summed E-state index contributed by atoms with van der Waals surface area (Å²) in [4.78, 5) is 55.8. The molecule has 1 aromatic rings. The van der Waals surface area contributed by atoms with E-state index in [0.29, 0.717) is 25.9 Å². The van der Waals surface area contributed by atoms with Crippen molar-refractivity contribution in [3.05, 3.63) is 48.0 Å². The predicted octanol–water partition coefficient (Wildman–Crippen LogP) is 1.92. The van der Waals surface area contributed by atoms with Crippen LogP contribution in [0.5, 0.6) is 0 Å². The van der Waals surface area contributed by atoms with Crippen LogP contribution in [0, 0.1) is 5.92 Å². The molecule has 1 saturated heterocycles. The average Bonchev–Trinajstić information content (AvgIpc) is 3.91. The molecule has 5 atom stereocenters. The van der Waals surface area contributed by atoms with Crippen molar-refractivity contribution in [1.82, 2.24) is 20.3 Å². The van der Waals surface area contributed by atoms with Gasteiger partial charge in [0.25, 0.3) is 5.91 Å². The lowest BCUT2D eigenvalue weighted by Crippen LogP contribution is -2.58. The number of rotatable bonds is 7. The molecule has 0 bridgehead atoms. The molecule has 4 amide bonds. The Morgan fingerprint density at radius 3 is 2.57 bits per heavy atom. The van der Waals surface area contributed by atoms with E-state index in [1.165, 1.54) is 4.90 Å². The zero-order chi connectivity index (χ0) is 33.1. The highest BCUT2D eigenvalue weighted by molar-refractivity contribution is 7.91. The second-order valence-electron chi connectivity index (χ2n) is 13.5. The smallest absolute Gasteiger partial charge is 0.408 e. The number of nitrogens with zero attached hydrogens (tertiary/aromatic N) is 1. The Kier molecular flexibility index (Phi) is 10.1. The summed E-state index contributed by atoms with van der Waals surface area (Å²) in [6, 6.07) is 7.44. The van der Waals surface area contributed by atoms with Crippen LogP contribution in [0.4, 0.5) is 4.79 Å². The molecular formula is C32H44N4O9S. The molecule has 2 aliphatic heterocycles. The van der Waals surface area contributed by atoms with Crippen molar-refractivity contribution in [2.75, 3.05) is 19.8 Å². The van der Waals surface area contributed by atoms with Crippen LogP contribution in [0.3, 0.4) is 0 Å². The second kappa shape index (κ2) is 13.7. The Balaban J connectivity index is 1.40. The van der Waals surface area contributed by atoms with E-state index in [2.05, 4.69) is 15.4 Å². The van der Waals surface area contributed by atoms with Gasteiger partial charge in [0, 0.05) is 25.5 Å². The van der Waals surface area contributed by atoms with Gasteiger partial charge in [-0.2, -0.15) is 0 Å². The lowest BCUT2D eigenvalue weighted by Gasteiger charge is -2.30. The van der Waals surface area contributed by atoms with E-state index in [9.17, 15) is 27.6 Å². The van der Waals surface area contributed by atoms with Crippen molar-refractivity contribution in [2.24, 2.45) is 5.92 Å². The topological polar surface area (TPSA) is 169 Å². The molecular weight excluding hydrogens is 616 g/mol. The maximum absolute atomic E-state index is 14.1. The number of carbonyl (C=O) groups is 4. The number of alkyl carbamates (subject to hydrolysis) is 1. The highest BCUT2D eigenvalue weighted by Gasteiger charge is 2.62. The number of ether oxygens (including phenoxy) is 3. The Morgan fingerprint density at radius 1 is 1.13 bits per heavy atom. The summed E-state index contributed by atoms with van der Waals surface area (Å²) in [6.07, 6.45) is 4.16. The molecule has 1 aromatic carbocycles. The van der Waals surface area contributed by atoms with Crippen LogP contribution in [0.1, 0.15) is 64.9 Å². The molecule has 0 radical (unpaired) electrons. The van der Waals surface area contributed by atoms with Gasteiger partial charge >= 0.3 is 6.09 Å². The van der Waals surface area contributed by atoms with E-state index in [1.807, 2.05) is 30.3 Å². The van der Waals surface area contributed by atoms with E-state index >= 15 is 0 Å². The molecule has 13 nitrogen and oxygen atoms in total. The van der Waals surface area contributed by atoms with E-state index in [4.69, 9.17) is 14.2 Å². The molecule has 14 heteroatoms. The van der Waals surface area contributed by atoms with E-state index in [-0.39, 0.29) is 39.0 Å². The summed E-state index contributed by atoms with van der Waals surface area (Å²) in [6.45, 7) is 6.00. The van der Waals surface area contributed by atoms with E-state index < -0.39 is 74.3 Å². The molecule has 252 valence electrons. The number of amides is 4. The van der Waals surface area contributed by atoms with Crippen LogP contribution in [0.25, 0.3) is 0 Å². The quantitative estimate of drug-likeness (QED) is 0.370. The van der Waals surface area contributed by atoms with Crippen LogP contribution in [0.2, 0.25) is 0 Å². The van der Waals surface area contributed by atoms with Crippen molar-refractivity contribution in [1.29, 1.82) is 0 Å². The maximum Gasteiger partial charge on any atom is 0.408 e. The molecule has 2 heterocycles. The molecule has 5 rings (SSSR count). The summed E-state index contributed by atoms with van der Waals surface area (Å²) in [7, 11) is -3.87. The fourth-order valence-corrected chi connectivity index (χ4v) is 7.20. The van der Waals surface area contributed by atoms with Gasteiger partial charge in [0.1, 0.15) is 23.2 Å². The summed E-state index contributed by atoms with van der Waals surface area (Å²) in [5.74, 6) is -2.36. The second-order valence-corrected chi connectivity index (χ2v) is 15.4. The van der Waals surface area contributed by atoms with E-state index in [0.717, 1.165) is 5.56 Å². The minimum absolute atomic E-state index is 0.0747. The van der Waals surface area contributed by atoms with Crippen LogP contribution in [-0.4, -0.2) is 91.5 Å². The van der Waals surface area contributed by atoms with Crippen molar-refractivity contribution in [3.8, 4) is 0 Å². The fourth-order valence-electron chi connectivity index (χ4n) is 5.83. The first-order chi connectivity index (χ1) is 21.8. The Labute approximate surface area is 269 Å². The SMILES string of the molecule is CC(C)(C)OC(=O)N[C@H]1CCCOC/C=C\[C@H]2C[C@@]2(C(=O)NS(=O)(=O)C2CC2)NC(=O)[C@@H]2C[C@@H](OCc3ccccc3)CN2C1=O. The molecule has 3 N–H and O–H groups in total. The van der Waals surface area contributed by atoms with Crippen LogP contribution in [0.15, 0.2) is 42.5 Å².